The lowest BCUT2D eigenvalue weighted by Crippen LogP contribution is -2.42. The number of aromatic nitrogens is 1. The molecule has 2 N–H and O–H groups in total. The maximum atomic E-state index is 12.6. The van der Waals surface area contributed by atoms with E-state index in [2.05, 4.69) is 5.32 Å². The zero-order valence-electron chi connectivity index (χ0n) is 17.4. The molecule has 0 fully saturated rings. The Hall–Kier alpha value is -2.99. The van der Waals surface area contributed by atoms with Crippen LogP contribution in [0.1, 0.15) is 39.7 Å². The van der Waals surface area contributed by atoms with Crippen molar-refractivity contribution in [3.05, 3.63) is 65.3 Å². The number of benzene rings is 2. The van der Waals surface area contributed by atoms with Gasteiger partial charge in [-0.15, -0.1) is 0 Å². The summed E-state index contributed by atoms with van der Waals surface area (Å²) in [5.74, 6) is -0.977. The van der Waals surface area contributed by atoms with E-state index in [9.17, 15) is 14.7 Å². The standard InChI is InChI=1S/C23H25ClN2O4/c1-5-23(20(27)28,15-9-11-16(24)12-10-15)26-14-13-17-18(7-6-8-19(17)26)25-21(29)30-22(2,3)4/h6-14H,5H2,1-4H3,(H,25,29)(H,27,28). The number of halogens is 1. The fraction of sp³-hybridized carbons (Fsp3) is 0.304. The van der Waals surface area contributed by atoms with Gasteiger partial charge in [-0.05, 0) is 63.1 Å². The maximum Gasteiger partial charge on any atom is 0.412 e. The largest absolute Gasteiger partial charge is 0.479 e. The van der Waals surface area contributed by atoms with Crippen LogP contribution in [0, 0.1) is 0 Å². The lowest BCUT2D eigenvalue weighted by molar-refractivity contribution is -0.145. The van der Waals surface area contributed by atoms with Crippen LogP contribution < -0.4 is 5.32 Å². The fourth-order valence-corrected chi connectivity index (χ4v) is 3.77. The first-order valence-corrected chi connectivity index (χ1v) is 10.1. The van der Waals surface area contributed by atoms with Gasteiger partial charge in [0.25, 0.3) is 0 Å². The molecule has 1 atom stereocenters. The second kappa shape index (κ2) is 8.03. The van der Waals surface area contributed by atoms with Gasteiger partial charge in [0.15, 0.2) is 5.54 Å². The molecule has 3 rings (SSSR count). The van der Waals surface area contributed by atoms with Crippen molar-refractivity contribution in [3.8, 4) is 0 Å². The number of ether oxygens (including phenoxy) is 1. The number of carboxylic acids is 1. The predicted molar refractivity (Wildman–Crippen MR) is 118 cm³/mol. The highest BCUT2D eigenvalue weighted by molar-refractivity contribution is 6.30. The van der Waals surface area contributed by atoms with Crippen LogP contribution in [0.3, 0.4) is 0 Å². The Labute approximate surface area is 180 Å². The number of nitrogens with one attached hydrogen (secondary N) is 1. The van der Waals surface area contributed by atoms with Crippen molar-refractivity contribution < 1.29 is 19.4 Å². The van der Waals surface area contributed by atoms with E-state index in [1.165, 1.54) is 0 Å². The monoisotopic (exact) mass is 428 g/mol. The number of carbonyl (C=O) groups is 2. The van der Waals surface area contributed by atoms with Gasteiger partial charge in [0.2, 0.25) is 0 Å². The number of aliphatic carboxylic acids is 1. The minimum absolute atomic E-state index is 0.317. The van der Waals surface area contributed by atoms with E-state index in [4.69, 9.17) is 16.3 Å². The number of rotatable bonds is 5. The highest BCUT2D eigenvalue weighted by Gasteiger charge is 2.41. The molecule has 7 heteroatoms. The smallest absolute Gasteiger partial charge is 0.412 e. The quantitative estimate of drug-likeness (QED) is 0.531. The molecule has 0 aliphatic carbocycles. The van der Waals surface area contributed by atoms with E-state index >= 15 is 0 Å². The zero-order valence-corrected chi connectivity index (χ0v) is 18.2. The third-order valence-electron chi connectivity index (χ3n) is 4.97. The normalized spacial score (nSPS) is 13.6. The number of hydrogen-bond donors (Lipinski definition) is 2. The molecule has 0 radical (unpaired) electrons. The summed E-state index contributed by atoms with van der Waals surface area (Å²) in [4.78, 5) is 24.8. The summed E-state index contributed by atoms with van der Waals surface area (Å²) in [7, 11) is 0. The summed E-state index contributed by atoms with van der Waals surface area (Å²) in [6.07, 6.45) is 1.48. The molecule has 30 heavy (non-hydrogen) atoms. The van der Waals surface area contributed by atoms with Gasteiger partial charge >= 0.3 is 12.1 Å². The molecule has 1 unspecified atom stereocenters. The van der Waals surface area contributed by atoms with Crippen LogP contribution in [-0.4, -0.2) is 27.3 Å². The van der Waals surface area contributed by atoms with Gasteiger partial charge in [0, 0.05) is 16.6 Å². The van der Waals surface area contributed by atoms with Crippen molar-refractivity contribution in [1.82, 2.24) is 4.57 Å². The van der Waals surface area contributed by atoms with Crippen LogP contribution in [0.2, 0.25) is 5.02 Å². The van der Waals surface area contributed by atoms with Gasteiger partial charge in [0.1, 0.15) is 5.60 Å². The second-order valence-corrected chi connectivity index (χ2v) is 8.51. The van der Waals surface area contributed by atoms with Gasteiger partial charge in [-0.1, -0.05) is 36.7 Å². The number of fused-ring (bicyclic) bond motifs is 1. The Bertz CT molecular complexity index is 1080. The third-order valence-corrected chi connectivity index (χ3v) is 5.22. The summed E-state index contributed by atoms with van der Waals surface area (Å²) in [5, 5.41) is 14.3. The molecule has 0 saturated heterocycles. The van der Waals surface area contributed by atoms with E-state index in [-0.39, 0.29) is 0 Å². The van der Waals surface area contributed by atoms with Gasteiger partial charge in [-0.25, -0.2) is 9.59 Å². The highest BCUT2D eigenvalue weighted by Crippen LogP contribution is 2.37. The molecule has 0 aliphatic rings. The first-order chi connectivity index (χ1) is 14.1. The van der Waals surface area contributed by atoms with Crippen molar-refractivity contribution in [3.63, 3.8) is 0 Å². The van der Waals surface area contributed by atoms with E-state index in [1.54, 1.807) is 74.0 Å². The molecule has 6 nitrogen and oxygen atoms in total. The average Bonchev–Trinajstić information content (AvgIpc) is 3.08. The Morgan fingerprint density at radius 1 is 1.10 bits per heavy atom. The van der Waals surface area contributed by atoms with Gasteiger partial charge in [-0.2, -0.15) is 0 Å². The molecule has 0 saturated carbocycles. The van der Waals surface area contributed by atoms with Crippen LogP contribution in [0.5, 0.6) is 0 Å². The summed E-state index contributed by atoms with van der Waals surface area (Å²) in [6.45, 7) is 7.20. The average molecular weight is 429 g/mol. The van der Waals surface area contributed by atoms with Crippen LogP contribution >= 0.6 is 11.6 Å². The fourth-order valence-electron chi connectivity index (χ4n) is 3.64. The number of amides is 1. The van der Waals surface area contributed by atoms with Crippen LogP contribution in [0.4, 0.5) is 10.5 Å². The molecular weight excluding hydrogens is 404 g/mol. The van der Waals surface area contributed by atoms with Crippen LogP contribution in [0.15, 0.2) is 54.7 Å². The van der Waals surface area contributed by atoms with Crippen molar-refractivity contribution >= 4 is 40.3 Å². The van der Waals surface area contributed by atoms with Crippen molar-refractivity contribution in [2.24, 2.45) is 0 Å². The lowest BCUT2D eigenvalue weighted by atomic mass is 9.86. The molecule has 0 spiro atoms. The molecule has 2 aromatic carbocycles. The minimum atomic E-state index is -1.32. The van der Waals surface area contributed by atoms with Gasteiger partial charge in [-0.3, -0.25) is 5.32 Å². The SMILES string of the molecule is CCC(C(=O)O)(c1ccc(Cl)cc1)n1ccc2c(NC(=O)OC(C)(C)C)cccc21. The van der Waals surface area contributed by atoms with E-state index in [0.29, 0.717) is 28.2 Å². The Morgan fingerprint density at radius 2 is 1.77 bits per heavy atom. The predicted octanol–water partition coefficient (Wildman–Crippen LogP) is 5.88. The topological polar surface area (TPSA) is 80.6 Å². The zero-order chi connectivity index (χ0) is 22.1. The number of hydrogen-bond acceptors (Lipinski definition) is 3. The summed E-state index contributed by atoms with van der Waals surface area (Å²) in [6, 6.07) is 14.0. The van der Waals surface area contributed by atoms with Crippen molar-refractivity contribution in [2.75, 3.05) is 5.32 Å². The Kier molecular flexibility index (Phi) is 5.81. The summed E-state index contributed by atoms with van der Waals surface area (Å²) in [5.41, 5.74) is -0.101. The van der Waals surface area contributed by atoms with Crippen molar-refractivity contribution in [1.29, 1.82) is 0 Å². The second-order valence-electron chi connectivity index (χ2n) is 8.08. The number of anilines is 1. The molecule has 158 valence electrons. The number of nitrogens with zero attached hydrogens (tertiary/aromatic N) is 1. The summed E-state index contributed by atoms with van der Waals surface area (Å²) >= 11 is 6.01. The third kappa shape index (κ3) is 4.00. The number of carbonyl (C=O) groups excluding carboxylic acids is 1. The van der Waals surface area contributed by atoms with Crippen LogP contribution in [0.25, 0.3) is 10.9 Å². The maximum absolute atomic E-state index is 12.6. The molecule has 1 amide bonds. The van der Waals surface area contributed by atoms with E-state index in [1.807, 2.05) is 13.0 Å². The Morgan fingerprint density at radius 3 is 2.33 bits per heavy atom. The highest BCUT2D eigenvalue weighted by atomic mass is 35.5. The minimum Gasteiger partial charge on any atom is -0.479 e. The van der Waals surface area contributed by atoms with Crippen molar-refractivity contribution in [2.45, 2.75) is 45.3 Å². The van der Waals surface area contributed by atoms with Gasteiger partial charge in [0.05, 0.1) is 11.2 Å². The molecule has 1 aromatic heterocycles. The first kappa shape index (κ1) is 21.7. The molecule has 1 heterocycles. The molecular formula is C23H25ClN2O4. The van der Waals surface area contributed by atoms with Crippen LogP contribution in [-0.2, 0) is 15.1 Å². The Balaban J connectivity index is 2.12. The first-order valence-electron chi connectivity index (χ1n) is 9.68. The van der Waals surface area contributed by atoms with E-state index < -0.39 is 23.2 Å². The molecule has 0 bridgehead atoms. The lowest BCUT2D eigenvalue weighted by Gasteiger charge is -2.32. The summed E-state index contributed by atoms with van der Waals surface area (Å²) < 4.78 is 7.07. The molecule has 0 aliphatic heterocycles. The van der Waals surface area contributed by atoms with Gasteiger partial charge < -0.3 is 14.4 Å². The molecule has 3 aromatic rings. The van der Waals surface area contributed by atoms with E-state index in [0.717, 1.165) is 5.39 Å². The number of carboxylic acid groups (broad SMARTS) is 1.